The van der Waals surface area contributed by atoms with Gasteiger partial charge in [0.2, 0.25) is 0 Å². The minimum atomic E-state index is -0.812. The normalized spacial score (nSPS) is 20.9. The van der Waals surface area contributed by atoms with Crippen LogP contribution in [0.3, 0.4) is 0 Å². The van der Waals surface area contributed by atoms with Crippen LogP contribution < -0.4 is 5.32 Å². The Bertz CT molecular complexity index is 527. The van der Waals surface area contributed by atoms with Crippen molar-refractivity contribution in [1.29, 1.82) is 0 Å². The summed E-state index contributed by atoms with van der Waals surface area (Å²) >= 11 is 0. The number of rotatable bonds is 6. The van der Waals surface area contributed by atoms with Gasteiger partial charge in [0.05, 0.1) is 6.54 Å². The number of likely N-dealkylation sites (N-methyl/N-ethyl adjacent to an activating group) is 1. The van der Waals surface area contributed by atoms with Crippen LogP contribution in [-0.2, 0) is 4.79 Å². The number of aryl methyl sites for hydroxylation is 1. The van der Waals surface area contributed by atoms with Gasteiger partial charge in [-0.2, -0.15) is 0 Å². The number of hydrogen-bond acceptors (Lipinski definition) is 4. The molecule has 1 heterocycles. The third-order valence-electron chi connectivity index (χ3n) is 3.83. The second-order valence-electron chi connectivity index (χ2n) is 5.42. The molecule has 0 bridgehead atoms. The van der Waals surface area contributed by atoms with Gasteiger partial charge in [-0.3, -0.25) is 14.5 Å². The van der Waals surface area contributed by atoms with Gasteiger partial charge in [0.15, 0.2) is 0 Å². The van der Waals surface area contributed by atoms with Gasteiger partial charge in [0.25, 0.3) is 5.91 Å². The summed E-state index contributed by atoms with van der Waals surface area (Å²) in [6.07, 6.45) is 1.58. The smallest absolute Gasteiger partial charge is 0.317 e. The van der Waals surface area contributed by atoms with Crippen LogP contribution in [0.15, 0.2) is 18.2 Å². The number of amides is 1. The van der Waals surface area contributed by atoms with Crippen LogP contribution in [0.1, 0.15) is 35.9 Å². The number of nitrogens with zero attached hydrogens (tertiary/aromatic N) is 2. The number of carbonyl (C=O) groups is 2. The number of carboxylic acid groups (broad SMARTS) is 1. The van der Waals surface area contributed by atoms with Crippen LogP contribution in [0.25, 0.3) is 0 Å². The van der Waals surface area contributed by atoms with Gasteiger partial charge in [-0.15, -0.1) is 0 Å². The number of aliphatic carboxylic acids is 1. The van der Waals surface area contributed by atoms with Crippen LogP contribution in [0.5, 0.6) is 0 Å². The van der Waals surface area contributed by atoms with Crippen LogP contribution in [0.2, 0.25) is 0 Å². The number of carboxylic acids is 1. The van der Waals surface area contributed by atoms with E-state index in [-0.39, 0.29) is 24.5 Å². The van der Waals surface area contributed by atoms with Crippen LogP contribution >= 0.6 is 0 Å². The van der Waals surface area contributed by atoms with Crippen molar-refractivity contribution in [1.82, 2.24) is 15.2 Å². The fourth-order valence-electron chi connectivity index (χ4n) is 2.61. The molecule has 0 atom stereocenters. The van der Waals surface area contributed by atoms with Gasteiger partial charge < -0.3 is 10.4 Å². The molecule has 114 valence electrons. The Morgan fingerprint density at radius 1 is 1.43 bits per heavy atom. The molecular weight excluding hydrogens is 270 g/mol. The van der Waals surface area contributed by atoms with E-state index in [1.807, 2.05) is 30.9 Å². The van der Waals surface area contributed by atoms with E-state index in [9.17, 15) is 9.59 Å². The Balaban J connectivity index is 1.82. The lowest BCUT2D eigenvalue weighted by molar-refractivity contribution is -0.139. The highest BCUT2D eigenvalue weighted by Gasteiger charge is 2.34. The van der Waals surface area contributed by atoms with E-state index in [1.165, 1.54) is 0 Å². The lowest BCUT2D eigenvalue weighted by Crippen LogP contribution is -2.54. The Morgan fingerprint density at radius 3 is 2.71 bits per heavy atom. The van der Waals surface area contributed by atoms with Crippen LogP contribution in [-0.4, -0.2) is 52.0 Å². The highest BCUT2D eigenvalue weighted by atomic mass is 16.4. The molecule has 6 heteroatoms. The highest BCUT2D eigenvalue weighted by molar-refractivity contribution is 5.92. The van der Waals surface area contributed by atoms with Crippen LogP contribution in [0, 0.1) is 6.92 Å². The topological polar surface area (TPSA) is 82.5 Å². The maximum atomic E-state index is 12.0. The first-order chi connectivity index (χ1) is 9.99. The molecule has 0 spiro atoms. The average Bonchev–Trinajstić information content (AvgIpc) is 2.39. The maximum absolute atomic E-state index is 12.0. The van der Waals surface area contributed by atoms with Gasteiger partial charge >= 0.3 is 5.97 Å². The number of pyridine rings is 1. The highest BCUT2D eigenvalue weighted by Crippen LogP contribution is 2.25. The monoisotopic (exact) mass is 291 g/mol. The molecule has 1 aromatic rings. The second-order valence-corrected chi connectivity index (χ2v) is 5.42. The summed E-state index contributed by atoms with van der Waals surface area (Å²) in [4.78, 5) is 28.9. The first-order valence-corrected chi connectivity index (χ1v) is 7.20. The zero-order chi connectivity index (χ0) is 15.4. The van der Waals surface area contributed by atoms with E-state index in [1.54, 1.807) is 6.07 Å². The maximum Gasteiger partial charge on any atom is 0.317 e. The van der Waals surface area contributed by atoms with Crippen molar-refractivity contribution in [2.75, 3.05) is 13.1 Å². The van der Waals surface area contributed by atoms with Crippen LogP contribution in [0.4, 0.5) is 0 Å². The summed E-state index contributed by atoms with van der Waals surface area (Å²) in [5.74, 6) is -0.975. The third kappa shape index (κ3) is 4.01. The van der Waals surface area contributed by atoms with Gasteiger partial charge in [-0.25, -0.2) is 4.98 Å². The quantitative estimate of drug-likeness (QED) is 0.819. The predicted molar refractivity (Wildman–Crippen MR) is 78.1 cm³/mol. The third-order valence-corrected chi connectivity index (χ3v) is 3.83. The first kappa shape index (κ1) is 15.4. The largest absolute Gasteiger partial charge is 0.480 e. The molecule has 0 radical (unpaired) electrons. The zero-order valence-corrected chi connectivity index (χ0v) is 12.4. The molecule has 0 unspecified atom stereocenters. The molecule has 0 saturated heterocycles. The fraction of sp³-hybridized carbons (Fsp3) is 0.533. The Kier molecular flexibility index (Phi) is 4.90. The molecule has 0 aliphatic heterocycles. The van der Waals surface area contributed by atoms with Crippen molar-refractivity contribution < 1.29 is 14.7 Å². The van der Waals surface area contributed by atoms with Gasteiger partial charge in [0.1, 0.15) is 5.69 Å². The Labute approximate surface area is 124 Å². The van der Waals surface area contributed by atoms with E-state index < -0.39 is 5.97 Å². The number of nitrogens with one attached hydrogen (secondary N) is 1. The molecule has 1 amide bonds. The number of carbonyl (C=O) groups excluding carboxylic acids is 1. The number of aromatic nitrogens is 1. The van der Waals surface area contributed by atoms with Crippen molar-refractivity contribution in [3.63, 3.8) is 0 Å². The molecule has 1 aromatic heterocycles. The molecule has 2 N–H and O–H groups in total. The molecule has 6 nitrogen and oxygen atoms in total. The molecule has 2 rings (SSSR count). The minimum absolute atomic E-state index is 0.0568. The second kappa shape index (κ2) is 6.67. The first-order valence-electron chi connectivity index (χ1n) is 7.20. The van der Waals surface area contributed by atoms with E-state index in [0.717, 1.165) is 18.5 Å². The van der Waals surface area contributed by atoms with E-state index in [0.29, 0.717) is 12.2 Å². The average molecular weight is 291 g/mol. The van der Waals surface area contributed by atoms with Crippen molar-refractivity contribution in [2.45, 2.75) is 38.8 Å². The predicted octanol–water partition coefficient (Wildman–Crippen LogP) is 1.06. The van der Waals surface area contributed by atoms with Crippen molar-refractivity contribution in [2.24, 2.45) is 0 Å². The van der Waals surface area contributed by atoms with Gasteiger partial charge in [-0.1, -0.05) is 13.0 Å². The summed E-state index contributed by atoms with van der Waals surface area (Å²) in [5, 5.41) is 11.8. The van der Waals surface area contributed by atoms with Gasteiger partial charge in [-0.05, 0) is 38.4 Å². The summed E-state index contributed by atoms with van der Waals surface area (Å²) in [6.45, 7) is 4.56. The summed E-state index contributed by atoms with van der Waals surface area (Å²) in [7, 11) is 0. The Hall–Kier alpha value is -1.95. The molecule has 1 aliphatic rings. The zero-order valence-electron chi connectivity index (χ0n) is 12.4. The molecule has 1 aliphatic carbocycles. The van der Waals surface area contributed by atoms with E-state index in [4.69, 9.17) is 5.11 Å². The van der Waals surface area contributed by atoms with E-state index >= 15 is 0 Å². The lowest BCUT2D eigenvalue weighted by atomic mass is 9.85. The summed E-state index contributed by atoms with van der Waals surface area (Å²) in [6, 6.07) is 5.70. The Morgan fingerprint density at radius 2 is 2.14 bits per heavy atom. The lowest BCUT2D eigenvalue weighted by Gasteiger charge is -2.42. The van der Waals surface area contributed by atoms with Crippen molar-refractivity contribution in [3.05, 3.63) is 29.6 Å². The fourth-order valence-corrected chi connectivity index (χ4v) is 2.61. The van der Waals surface area contributed by atoms with Gasteiger partial charge in [0, 0.05) is 17.8 Å². The molecule has 1 fully saturated rings. The molecule has 1 saturated carbocycles. The minimum Gasteiger partial charge on any atom is -0.480 e. The molecular formula is C15H21N3O3. The number of hydrogen-bond donors (Lipinski definition) is 2. The SMILES string of the molecule is CCN(CC(=O)O)C1CC(NC(=O)c2cccc(C)n2)C1. The molecule has 0 aromatic carbocycles. The van der Waals surface area contributed by atoms with Crippen molar-refractivity contribution >= 4 is 11.9 Å². The van der Waals surface area contributed by atoms with Crippen molar-refractivity contribution in [3.8, 4) is 0 Å². The molecule has 21 heavy (non-hydrogen) atoms. The summed E-state index contributed by atoms with van der Waals surface area (Å²) < 4.78 is 0. The standard InChI is InChI=1S/C15H21N3O3/c1-3-18(9-14(19)20)12-7-11(8-12)17-15(21)13-6-4-5-10(2)16-13/h4-6,11-12H,3,7-9H2,1-2H3,(H,17,21)(H,19,20). The van der Waals surface area contributed by atoms with E-state index in [2.05, 4.69) is 10.3 Å². The summed E-state index contributed by atoms with van der Waals surface area (Å²) in [5.41, 5.74) is 1.24.